The first-order valence-corrected chi connectivity index (χ1v) is 14.8. The molecule has 0 aliphatic heterocycles. The van der Waals surface area contributed by atoms with Crippen LogP contribution in [0.3, 0.4) is 0 Å². The minimum atomic E-state index is 1.000. The van der Waals surface area contributed by atoms with Crippen molar-refractivity contribution >= 4 is 0 Å². The maximum Gasteiger partial charge on any atom is -0.0420 e. The molecule has 0 N–H and O–H groups in total. The Morgan fingerprint density at radius 1 is 0.300 bits per heavy atom. The fourth-order valence-electron chi connectivity index (χ4n) is 4.92. The number of unbranched alkanes of at least 4 members (excludes halogenated alkanes) is 22. The Labute approximate surface area is 193 Å². The van der Waals surface area contributed by atoms with Crippen molar-refractivity contribution in [3.8, 4) is 0 Å². The van der Waals surface area contributed by atoms with Gasteiger partial charge in [-0.25, -0.2) is 0 Å². The quantitative estimate of drug-likeness (QED) is 0.122. The highest BCUT2D eigenvalue weighted by molar-refractivity contribution is 4.56. The maximum absolute atomic E-state index is 2.35. The van der Waals surface area contributed by atoms with E-state index < -0.39 is 0 Å². The van der Waals surface area contributed by atoms with Crippen LogP contribution in [0.15, 0.2) is 0 Å². The van der Waals surface area contributed by atoms with Gasteiger partial charge in [0.2, 0.25) is 0 Å². The normalized spacial score (nSPS) is 11.6. The van der Waals surface area contributed by atoms with Crippen LogP contribution < -0.4 is 0 Å². The summed E-state index contributed by atoms with van der Waals surface area (Å²) >= 11 is 0. The van der Waals surface area contributed by atoms with Crippen LogP contribution in [-0.2, 0) is 0 Å². The van der Waals surface area contributed by atoms with Crippen LogP contribution in [0, 0.1) is 5.92 Å². The summed E-state index contributed by atoms with van der Waals surface area (Å²) in [6.45, 7) is 7.01. The maximum atomic E-state index is 2.35. The van der Waals surface area contributed by atoms with Crippen molar-refractivity contribution in [3.63, 3.8) is 0 Å². The fourth-order valence-corrected chi connectivity index (χ4v) is 4.92. The Balaban J connectivity index is 3.03. The molecule has 0 saturated heterocycles. The molecule has 0 fully saturated rings. The Kier molecular flexibility index (Phi) is 27.0. The zero-order chi connectivity index (χ0) is 22.0. The largest absolute Gasteiger partial charge is 0.0654 e. The molecule has 0 rings (SSSR count). The van der Waals surface area contributed by atoms with Gasteiger partial charge >= 0.3 is 0 Å². The zero-order valence-electron chi connectivity index (χ0n) is 22.0. The molecule has 0 unspecified atom stereocenters. The van der Waals surface area contributed by atoms with Crippen LogP contribution in [0.4, 0.5) is 0 Å². The molecule has 0 spiro atoms. The van der Waals surface area contributed by atoms with E-state index >= 15 is 0 Å². The number of rotatable bonds is 26. The molecular formula is C30H62. The van der Waals surface area contributed by atoms with Gasteiger partial charge in [-0.2, -0.15) is 0 Å². The van der Waals surface area contributed by atoms with Gasteiger partial charge < -0.3 is 0 Å². The van der Waals surface area contributed by atoms with Crippen LogP contribution in [0.1, 0.15) is 188 Å². The SMILES string of the molecule is CCCCCCCCCCCCCCCCCCCCCCCCCC(CC)CC. The van der Waals surface area contributed by atoms with Crippen LogP contribution >= 0.6 is 0 Å². The molecule has 0 aromatic carbocycles. The lowest BCUT2D eigenvalue weighted by Gasteiger charge is -2.11. The fraction of sp³-hybridized carbons (Fsp3) is 1.00. The first kappa shape index (κ1) is 30.0. The summed E-state index contributed by atoms with van der Waals surface area (Å²) in [5, 5.41) is 0. The van der Waals surface area contributed by atoms with Crippen LogP contribution in [-0.4, -0.2) is 0 Å². The molecule has 0 radical (unpaired) electrons. The molecule has 0 bridgehead atoms. The zero-order valence-corrected chi connectivity index (χ0v) is 22.0. The van der Waals surface area contributed by atoms with E-state index in [4.69, 9.17) is 0 Å². The van der Waals surface area contributed by atoms with Crippen molar-refractivity contribution in [2.75, 3.05) is 0 Å². The van der Waals surface area contributed by atoms with Crippen LogP contribution in [0.5, 0.6) is 0 Å². The lowest BCUT2D eigenvalue weighted by molar-refractivity contribution is 0.426. The van der Waals surface area contributed by atoms with Crippen molar-refractivity contribution in [1.82, 2.24) is 0 Å². The first-order valence-electron chi connectivity index (χ1n) is 14.8. The highest BCUT2D eigenvalue weighted by atomic mass is 14.1. The third-order valence-corrected chi connectivity index (χ3v) is 7.37. The van der Waals surface area contributed by atoms with E-state index in [-0.39, 0.29) is 0 Å². The molecule has 0 nitrogen and oxygen atoms in total. The summed E-state index contributed by atoms with van der Waals surface area (Å²) in [6.07, 6.45) is 38.3. The standard InChI is InChI=1S/C30H62/c1-4-7-8-9-10-11-12-13-14-15-16-17-18-19-20-21-22-23-24-25-26-27-28-29-30(5-2)6-3/h30H,4-29H2,1-3H3. The Hall–Kier alpha value is 0. The van der Waals surface area contributed by atoms with Crippen LogP contribution in [0.25, 0.3) is 0 Å². The monoisotopic (exact) mass is 422 g/mol. The predicted molar refractivity (Wildman–Crippen MR) is 141 cm³/mol. The second-order valence-corrected chi connectivity index (χ2v) is 10.2. The minimum Gasteiger partial charge on any atom is -0.0654 e. The van der Waals surface area contributed by atoms with Crippen molar-refractivity contribution in [2.45, 2.75) is 188 Å². The summed E-state index contributed by atoms with van der Waals surface area (Å²) in [7, 11) is 0. The van der Waals surface area contributed by atoms with Gasteiger partial charge in [0.1, 0.15) is 0 Å². The molecule has 0 aliphatic rings. The number of hydrogen-bond acceptors (Lipinski definition) is 0. The van der Waals surface area contributed by atoms with Gasteiger partial charge in [0.05, 0.1) is 0 Å². The Bertz CT molecular complexity index is 278. The molecule has 0 heteroatoms. The topological polar surface area (TPSA) is 0 Å². The molecule has 0 amide bonds. The van der Waals surface area contributed by atoms with Crippen molar-refractivity contribution < 1.29 is 0 Å². The average Bonchev–Trinajstić information content (AvgIpc) is 2.77. The summed E-state index contributed by atoms with van der Waals surface area (Å²) < 4.78 is 0. The van der Waals surface area contributed by atoms with Crippen molar-refractivity contribution in [2.24, 2.45) is 5.92 Å². The van der Waals surface area contributed by atoms with Gasteiger partial charge in [0.25, 0.3) is 0 Å². The Morgan fingerprint density at radius 3 is 0.767 bits per heavy atom. The van der Waals surface area contributed by atoms with Crippen LogP contribution in [0.2, 0.25) is 0 Å². The lowest BCUT2D eigenvalue weighted by atomic mass is 9.95. The first-order chi connectivity index (χ1) is 14.8. The molecular weight excluding hydrogens is 360 g/mol. The second kappa shape index (κ2) is 27.0. The predicted octanol–water partition coefficient (Wildman–Crippen LogP) is 11.8. The minimum absolute atomic E-state index is 1.000. The van der Waals surface area contributed by atoms with E-state index in [1.54, 1.807) is 0 Å². The van der Waals surface area contributed by atoms with Crippen molar-refractivity contribution in [3.05, 3.63) is 0 Å². The Morgan fingerprint density at radius 2 is 0.533 bits per heavy atom. The molecule has 0 aromatic heterocycles. The third-order valence-electron chi connectivity index (χ3n) is 7.37. The van der Waals surface area contributed by atoms with Gasteiger partial charge in [-0.3, -0.25) is 0 Å². The van der Waals surface area contributed by atoms with Gasteiger partial charge in [0.15, 0.2) is 0 Å². The summed E-state index contributed by atoms with van der Waals surface area (Å²) in [4.78, 5) is 0. The molecule has 182 valence electrons. The summed E-state index contributed by atoms with van der Waals surface area (Å²) in [5.41, 5.74) is 0. The van der Waals surface area contributed by atoms with E-state index in [9.17, 15) is 0 Å². The molecule has 0 heterocycles. The van der Waals surface area contributed by atoms with Crippen molar-refractivity contribution in [1.29, 1.82) is 0 Å². The average molecular weight is 423 g/mol. The molecule has 0 aliphatic carbocycles. The van der Waals surface area contributed by atoms with E-state index in [2.05, 4.69) is 20.8 Å². The smallest absolute Gasteiger partial charge is 0.0420 e. The highest BCUT2D eigenvalue weighted by Gasteiger charge is 2.02. The van der Waals surface area contributed by atoms with E-state index in [0.717, 1.165) is 5.92 Å². The summed E-state index contributed by atoms with van der Waals surface area (Å²) in [6, 6.07) is 0. The third kappa shape index (κ3) is 24.3. The second-order valence-electron chi connectivity index (χ2n) is 10.2. The van der Waals surface area contributed by atoms with Gasteiger partial charge in [-0.15, -0.1) is 0 Å². The molecule has 0 atom stereocenters. The molecule has 0 saturated carbocycles. The van der Waals surface area contributed by atoms with E-state index in [1.165, 1.54) is 167 Å². The lowest BCUT2D eigenvalue weighted by Crippen LogP contribution is -1.96. The van der Waals surface area contributed by atoms with E-state index in [0.29, 0.717) is 0 Å². The molecule has 0 aromatic rings. The van der Waals surface area contributed by atoms with Gasteiger partial charge in [-0.05, 0) is 5.92 Å². The number of hydrogen-bond donors (Lipinski definition) is 0. The summed E-state index contributed by atoms with van der Waals surface area (Å²) in [5.74, 6) is 1.000. The molecule has 30 heavy (non-hydrogen) atoms. The van der Waals surface area contributed by atoms with E-state index in [1.807, 2.05) is 0 Å². The van der Waals surface area contributed by atoms with Gasteiger partial charge in [0, 0.05) is 0 Å². The van der Waals surface area contributed by atoms with Gasteiger partial charge in [-0.1, -0.05) is 188 Å². The highest BCUT2D eigenvalue weighted by Crippen LogP contribution is 2.18.